The lowest BCUT2D eigenvalue weighted by atomic mass is 10.1. The Balaban J connectivity index is 1.28. The van der Waals surface area contributed by atoms with Crippen molar-refractivity contribution in [1.82, 2.24) is 9.55 Å². The van der Waals surface area contributed by atoms with E-state index in [1.807, 2.05) is 72.8 Å². The predicted octanol–water partition coefficient (Wildman–Crippen LogP) is 4.79. The van der Waals surface area contributed by atoms with Gasteiger partial charge in [-0.3, -0.25) is 14.2 Å². The monoisotopic (exact) mass is 513 g/mol. The van der Waals surface area contributed by atoms with Crippen LogP contribution in [0.15, 0.2) is 83.9 Å². The van der Waals surface area contributed by atoms with E-state index in [1.54, 1.807) is 6.92 Å². The first-order chi connectivity index (χ1) is 18.0. The first kappa shape index (κ1) is 24.2. The fraction of sp³-hybridized carbons (Fsp3) is 0.143. The summed E-state index contributed by atoms with van der Waals surface area (Å²) in [7, 11) is 0. The van der Waals surface area contributed by atoms with Gasteiger partial charge in [-0.1, -0.05) is 54.6 Å². The van der Waals surface area contributed by atoms with Crippen LogP contribution < -0.4 is 15.6 Å². The molecule has 0 aliphatic carbocycles. The van der Waals surface area contributed by atoms with Gasteiger partial charge in [0.1, 0.15) is 35.2 Å². The number of rotatable bonds is 8. The lowest BCUT2D eigenvalue weighted by molar-refractivity contribution is -0.116. The Labute approximate surface area is 216 Å². The van der Waals surface area contributed by atoms with E-state index in [1.165, 1.54) is 10.9 Å². The maximum absolute atomic E-state index is 13.2. The van der Waals surface area contributed by atoms with Crippen LogP contribution in [0.25, 0.3) is 21.0 Å². The quantitative estimate of drug-likeness (QED) is 0.237. The summed E-state index contributed by atoms with van der Waals surface area (Å²) in [6, 6.07) is 22.6. The number of para-hydroxylation sites is 1. The summed E-state index contributed by atoms with van der Waals surface area (Å²) in [6.07, 6.45) is 1.33. The third-order valence-corrected chi connectivity index (χ3v) is 6.99. The van der Waals surface area contributed by atoms with E-state index >= 15 is 0 Å². The number of esters is 1. The first-order valence-electron chi connectivity index (χ1n) is 11.6. The zero-order valence-corrected chi connectivity index (χ0v) is 20.8. The van der Waals surface area contributed by atoms with Gasteiger partial charge in [-0.25, -0.2) is 9.78 Å². The molecule has 186 valence electrons. The zero-order chi connectivity index (χ0) is 25.8. The van der Waals surface area contributed by atoms with E-state index in [9.17, 15) is 14.4 Å². The normalized spacial score (nSPS) is 10.9. The van der Waals surface area contributed by atoms with Gasteiger partial charge < -0.3 is 14.8 Å². The highest BCUT2D eigenvalue weighted by Gasteiger charge is 2.21. The molecule has 0 aliphatic heterocycles. The van der Waals surface area contributed by atoms with Crippen molar-refractivity contribution in [2.24, 2.45) is 0 Å². The minimum absolute atomic E-state index is 0.0629. The molecule has 0 spiro atoms. The van der Waals surface area contributed by atoms with Crippen molar-refractivity contribution in [3.63, 3.8) is 0 Å². The molecule has 37 heavy (non-hydrogen) atoms. The molecule has 0 unspecified atom stereocenters. The average Bonchev–Trinajstić information content (AvgIpc) is 3.26. The van der Waals surface area contributed by atoms with E-state index in [2.05, 4.69) is 10.3 Å². The largest absolute Gasteiger partial charge is 0.490 e. The molecule has 0 fully saturated rings. The van der Waals surface area contributed by atoms with Gasteiger partial charge in [0, 0.05) is 11.1 Å². The average molecular weight is 514 g/mol. The number of amides is 1. The second kappa shape index (κ2) is 10.6. The van der Waals surface area contributed by atoms with Gasteiger partial charge in [-0.15, -0.1) is 11.3 Å². The van der Waals surface area contributed by atoms with Crippen molar-refractivity contribution < 1.29 is 19.1 Å². The SMILES string of the molecule is Cc1c(C(=O)OCCOc2ccccc2)sc2ncn(CC(=O)Nc3cccc4ccccc34)c(=O)c12. The van der Waals surface area contributed by atoms with Crippen LogP contribution in [0.5, 0.6) is 5.75 Å². The van der Waals surface area contributed by atoms with E-state index in [-0.39, 0.29) is 25.7 Å². The van der Waals surface area contributed by atoms with Crippen LogP contribution in [-0.4, -0.2) is 34.6 Å². The number of anilines is 1. The zero-order valence-electron chi connectivity index (χ0n) is 20.0. The van der Waals surface area contributed by atoms with Gasteiger partial charge in [-0.2, -0.15) is 0 Å². The lowest BCUT2D eigenvalue weighted by Crippen LogP contribution is -2.28. The molecular weight excluding hydrogens is 490 g/mol. The second-order valence-electron chi connectivity index (χ2n) is 8.29. The van der Waals surface area contributed by atoms with E-state index in [0.29, 0.717) is 32.1 Å². The van der Waals surface area contributed by atoms with Crippen LogP contribution in [-0.2, 0) is 16.1 Å². The summed E-state index contributed by atoms with van der Waals surface area (Å²) >= 11 is 1.09. The molecule has 0 atom stereocenters. The van der Waals surface area contributed by atoms with E-state index in [4.69, 9.17) is 9.47 Å². The molecule has 0 radical (unpaired) electrons. The Kier molecular flexibility index (Phi) is 6.96. The summed E-state index contributed by atoms with van der Waals surface area (Å²) in [5, 5.41) is 5.09. The number of carbonyl (C=O) groups excluding carboxylic acids is 2. The van der Waals surface area contributed by atoms with Crippen molar-refractivity contribution in [2.45, 2.75) is 13.5 Å². The Morgan fingerprint density at radius 2 is 1.73 bits per heavy atom. The molecule has 0 saturated heterocycles. The summed E-state index contributed by atoms with van der Waals surface area (Å²) in [5.41, 5.74) is 0.756. The van der Waals surface area contributed by atoms with Crippen LogP contribution in [0.3, 0.4) is 0 Å². The molecule has 8 nitrogen and oxygen atoms in total. The molecule has 0 aliphatic rings. The van der Waals surface area contributed by atoms with Crippen molar-refractivity contribution in [3.8, 4) is 5.75 Å². The van der Waals surface area contributed by atoms with Crippen molar-refractivity contribution in [1.29, 1.82) is 0 Å². The fourth-order valence-corrected chi connectivity index (χ4v) is 5.05. The number of thiophene rings is 1. The Morgan fingerprint density at radius 1 is 0.973 bits per heavy atom. The van der Waals surface area contributed by atoms with Crippen molar-refractivity contribution in [3.05, 3.63) is 99.9 Å². The first-order valence-corrected chi connectivity index (χ1v) is 12.4. The van der Waals surface area contributed by atoms with Crippen LogP contribution in [0.2, 0.25) is 0 Å². The number of aromatic nitrogens is 2. The number of carbonyl (C=O) groups is 2. The fourth-order valence-electron chi connectivity index (χ4n) is 4.02. The molecule has 3 aromatic carbocycles. The van der Waals surface area contributed by atoms with Crippen molar-refractivity contribution in [2.75, 3.05) is 18.5 Å². The summed E-state index contributed by atoms with van der Waals surface area (Å²) in [5.74, 6) is -0.215. The number of nitrogens with one attached hydrogen (secondary N) is 1. The van der Waals surface area contributed by atoms with Gasteiger partial charge in [0.05, 0.1) is 11.7 Å². The second-order valence-corrected chi connectivity index (χ2v) is 9.29. The number of aryl methyl sites for hydroxylation is 1. The number of nitrogens with zero attached hydrogens (tertiary/aromatic N) is 2. The maximum atomic E-state index is 13.2. The van der Waals surface area contributed by atoms with E-state index in [0.717, 1.165) is 22.1 Å². The molecule has 1 N–H and O–H groups in total. The summed E-state index contributed by atoms with van der Waals surface area (Å²) < 4.78 is 12.1. The third-order valence-electron chi connectivity index (χ3n) is 5.81. The number of benzene rings is 3. The van der Waals surface area contributed by atoms with Crippen molar-refractivity contribution >= 4 is 49.9 Å². The van der Waals surface area contributed by atoms with Gasteiger partial charge in [-0.05, 0) is 36.1 Å². The van der Waals surface area contributed by atoms with Crippen LogP contribution in [0, 0.1) is 6.92 Å². The molecule has 1 amide bonds. The Hall–Kier alpha value is -4.50. The lowest BCUT2D eigenvalue weighted by Gasteiger charge is -2.10. The molecular formula is C28H23N3O5S. The molecule has 9 heteroatoms. The van der Waals surface area contributed by atoms with Gasteiger partial charge in [0.25, 0.3) is 5.56 Å². The topological polar surface area (TPSA) is 99.5 Å². The number of ether oxygens (including phenoxy) is 2. The molecule has 0 saturated carbocycles. The minimum atomic E-state index is -0.545. The molecule has 5 rings (SSSR count). The smallest absolute Gasteiger partial charge is 0.348 e. The third kappa shape index (κ3) is 5.22. The predicted molar refractivity (Wildman–Crippen MR) is 143 cm³/mol. The minimum Gasteiger partial charge on any atom is -0.490 e. The number of fused-ring (bicyclic) bond motifs is 2. The standard InChI is InChI=1S/C28H23N3O5S/c1-18-24-26(37-25(18)28(34)36-15-14-35-20-10-3-2-4-11-20)29-17-31(27(24)33)16-23(32)30-22-13-7-9-19-8-5-6-12-21(19)22/h2-13,17H,14-16H2,1H3,(H,30,32). The summed E-state index contributed by atoms with van der Waals surface area (Å²) in [6.45, 7) is 1.74. The molecule has 5 aromatic rings. The maximum Gasteiger partial charge on any atom is 0.348 e. The Morgan fingerprint density at radius 3 is 2.57 bits per heavy atom. The highest BCUT2D eigenvalue weighted by Crippen LogP contribution is 2.27. The molecule has 2 heterocycles. The Bertz CT molecular complexity index is 1650. The number of hydrogen-bond donors (Lipinski definition) is 1. The summed E-state index contributed by atoms with van der Waals surface area (Å²) in [4.78, 5) is 43.7. The van der Waals surface area contributed by atoms with Gasteiger partial charge in [0.15, 0.2) is 0 Å². The molecule has 0 bridgehead atoms. The van der Waals surface area contributed by atoms with Crippen LogP contribution >= 0.6 is 11.3 Å². The number of hydrogen-bond acceptors (Lipinski definition) is 7. The van der Waals surface area contributed by atoms with Crippen LogP contribution in [0.4, 0.5) is 5.69 Å². The van der Waals surface area contributed by atoms with E-state index < -0.39 is 11.5 Å². The van der Waals surface area contributed by atoms with Gasteiger partial charge in [0.2, 0.25) is 5.91 Å². The highest BCUT2D eigenvalue weighted by atomic mass is 32.1. The van der Waals surface area contributed by atoms with Crippen LogP contribution in [0.1, 0.15) is 15.2 Å². The highest BCUT2D eigenvalue weighted by molar-refractivity contribution is 7.20. The molecule has 2 aromatic heterocycles. The van der Waals surface area contributed by atoms with Gasteiger partial charge >= 0.3 is 5.97 Å².